The highest BCUT2D eigenvalue weighted by Gasteiger charge is 2.21. The average molecular weight is 358 g/mol. The first kappa shape index (κ1) is 18.7. The summed E-state index contributed by atoms with van der Waals surface area (Å²) in [6, 6.07) is 15.9. The molecular formula is C20H20ClNO3. The standard InChI is InChI=1S/C20H20ClNO3/c1-2-25-20(24)18(14-16-6-4-3-5-7-16)22-19(23)13-10-15-8-11-17(21)12-9-15/h3-13,18H,2,14H2,1H3,(H,22,23)/b13-10+. The smallest absolute Gasteiger partial charge is 0.328 e. The average Bonchev–Trinajstić information content (AvgIpc) is 2.62. The lowest BCUT2D eigenvalue weighted by molar-refractivity contribution is -0.146. The molecule has 2 rings (SSSR count). The van der Waals surface area contributed by atoms with Crippen molar-refractivity contribution in [1.82, 2.24) is 5.32 Å². The fourth-order valence-corrected chi connectivity index (χ4v) is 2.38. The van der Waals surface area contributed by atoms with Crippen molar-refractivity contribution < 1.29 is 14.3 Å². The maximum absolute atomic E-state index is 12.2. The molecule has 2 aromatic rings. The first-order valence-corrected chi connectivity index (χ1v) is 8.41. The SMILES string of the molecule is CCOC(=O)C(Cc1ccccc1)NC(=O)/C=C/c1ccc(Cl)cc1. The van der Waals surface area contributed by atoms with Gasteiger partial charge in [-0.2, -0.15) is 0 Å². The molecule has 1 unspecified atom stereocenters. The van der Waals surface area contributed by atoms with Crippen molar-refractivity contribution in [3.8, 4) is 0 Å². The minimum absolute atomic E-state index is 0.264. The van der Waals surface area contributed by atoms with Gasteiger partial charge in [-0.1, -0.05) is 54.1 Å². The largest absolute Gasteiger partial charge is 0.464 e. The van der Waals surface area contributed by atoms with Crippen LogP contribution in [0, 0.1) is 0 Å². The molecule has 0 aliphatic heterocycles. The Bertz CT molecular complexity index is 726. The molecular weight excluding hydrogens is 338 g/mol. The second-order valence-corrected chi connectivity index (χ2v) is 5.82. The number of carbonyl (C=O) groups is 2. The maximum atomic E-state index is 12.2. The van der Waals surface area contributed by atoms with Crippen LogP contribution in [0.2, 0.25) is 5.02 Å². The highest BCUT2D eigenvalue weighted by atomic mass is 35.5. The van der Waals surface area contributed by atoms with Crippen LogP contribution in [0.4, 0.5) is 0 Å². The van der Waals surface area contributed by atoms with E-state index >= 15 is 0 Å². The Morgan fingerprint density at radius 3 is 2.44 bits per heavy atom. The number of hydrogen-bond donors (Lipinski definition) is 1. The van der Waals surface area contributed by atoms with Gasteiger partial charge < -0.3 is 10.1 Å². The molecule has 0 aliphatic carbocycles. The van der Waals surface area contributed by atoms with E-state index in [9.17, 15) is 9.59 Å². The molecule has 0 heterocycles. The van der Waals surface area contributed by atoms with Gasteiger partial charge in [-0.3, -0.25) is 4.79 Å². The van der Waals surface area contributed by atoms with Crippen LogP contribution >= 0.6 is 11.6 Å². The lowest BCUT2D eigenvalue weighted by atomic mass is 10.1. The lowest BCUT2D eigenvalue weighted by Crippen LogP contribution is -2.42. The van der Waals surface area contributed by atoms with Crippen LogP contribution < -0.4 is 5.32 Å². The van der Waals surface area contributed by atoms with Crippen LogP contribution in [0.15, 0.2) is 60.7 Å². The lowest BCUT2D eigenvalue weighted by Gasteiger charge is -2.16. The van der Waals surface area contributed by atoms with Crippen LogP contribution in [-0.2, 0) is 20.7 Å². The van der Waals surface area contributed by atoms with Crippen molar-refractivity contribution in [2.45, 2.75) is 19.4 Å². The molecule has 0 fully saturated rings. The molecule has 0 saturated heterocycles. The molecule has 1 N–H and O–H groups in total. The van der Waals surface area contributed by atoms with E-state index in [4.69, 9.17) is 16.3 Å². The zero-order valence-electron chi connectivity index (χ0n) is 13.9. The number of hydrogen-bond acceptors (Lipinski definition) is 3. The van der Waals surface area contributed by atoms with Crippen LogP contribution in [0.25, 0.3) is 6.08 Å². The highest BCUT2D eigenvalue weighted by Crippen LogP contribution is 2.10. The normalized spacial score (nSPS) is 11.9. The summed E-state index contributed by atoms with van der Waals surface area (Å²) >= 11 is 5.83. The number of ether oxygens (including phenoxy) is 1. The Kier molecular flexibility index (Phi) is 7.23. The summed E-state index contributed by atoms with van der Waals surface area (Å²) in [5.41, 5.74) is 1.79. The molecule has 0 radical (unpaired) electrons. The van der Waals surface area contributed by atoms with Crippen molar-refractivity contribution in [2.24, 2.45) is 0 Å². The van der Waals surface area contributed by atoms with Crippen molar-refractivity contribution >= 4 is 29.6 Å². The van der Waals surface area contributed by atoms with Gasteiger partial charge in [0.2, 0.25) is 5.91 Å². The first-order chi connectivity index (χ1) is 12.1. The second-order valence-electron chi connectivity index (χ2n) is 5.39. The summed E-state index contributed by atoms with van der Waals surface area (Å²) in [4.78, 5) is 24.3. The predicted octanol–water partition coefficient (Wildman–Crippen LogP) is 3.64. The number of carbonyl (C=O) groups excluding carboxylic acids is 2. The zero-order chi connectivity index (χ0) is 18.1. The summed E-state index contributed by atoms with van der Waals surface area (Å²) in [6.45, 7) is 2.00. The fourth-order valence-electron chi connectivity index (χ4n) is 2.25. The monoisotopic (exact) mass is 357 g/mol. The van der Waals surface area contributed by atoms with E-state index in [-0.39, 0.29) is 12.5 Å². The number of rotatable bonds is 7. The molecule has 0 saturated carbocycles. The molecule has 130 valence electrons. The number of nitrogens with one attached hydrogen (secondary N) is 1. The van der Waals surface area contributed by atoms with Gasteiger partial charge in [0.25, 0.3) is 0 Å². The van der Waals surface area contributed by atoms with E-state index < -0.39 is 12.0 Å². The van der Waals surface area contributed by atoms with Crippen molar-refractivity contribution in [2.75, 3.05) is 6.61 Å². The highest BCUT2D eigenvalue weighted by molar-refractivity contribution is 6.30. The minimum Gasteiger partial charge on any atom is -0.464 e. The molecule has 5 heteroatoms. The first-order valence-electron chi connectivity index (χ1n) is 8.03. The number of esters is 1. The van der Waals surface area contributed by atoms with E-state index in [2.05, 4.69) is 5.32 Å². The molecule has 0 aliphatic rings. The van der Waals surface area contributed by atoms with Crippen LogP contribution in [0.1, 0.15) is 18.1 Å². The van der Waals surface area contributed by atoms with E-state index in [0.29, 0.717) is 11.4 Å². The molecule has 2 aromatic carbocycles. The van der Waals surface area contributed by atoms with Gasteiger partial charge in [-0.25, -0.2) is 4.79 Å². The summed E-state index contributed by atoms with van der Waals surface area (Å²) in [6.07, 6.45) is 3.43. The van der Waals surface area contributed by atoms with Gasteiger partial charge >= 0.3 is 5.97 Å². The van der Waals surface area contributed by atoms with Crippen LogP contribution in [0.3, 0.4) is 0 Å². The maximum Gasteiger partial charge on any atom is 0.328 e. The molecule has 0 spiro atoms. The third-order valence-electron chi connectivity index (χ3n) is 3.47. The molecule has 0 bridgehead atoms. The third-order valence-corrected chi connectivity index (χ3v) is 3.72. The molecule has 4 nitrogen and oxygen atoms in total. The summed E-state index contributed by atoms with van der Waals surface area (Å²) in [5, 5.41) is 3.34. The molecule has 1 atom stereocenters. The Hall–Kier alpha value is -2.59. The molecule has 25 heavy (non-hydrogen) atoms. The van der Waals surface area contributed by atoms with Gasteiger partial charge in [0.05, 0.1) is 6.61 Å². The fraction of sp³-hybridized carbons (Fsp3) is 0.200. The van der Waals surface area contributed by atoms with Gasteiger partial charge in [0.15, 0.2) is 0 Å². The molecule has 0 aromatic heterocycles. The van der Waals surface area contributed by atoms with E-state index in [1.54, 1.807) is 37.3 Å². The van der Waals surface area contributed by atoms with Crippen LogP contribution in [-0.4, -0.2) is 24.5 Å². The topological polar surface area (TPSA) is 55.4 Å². The van der Waals surface area contributed by atoms with Gasteiger partial charge in [-0.05, 0) is 36.3 Å². The van der Waals surface area contributed by atoms with E-state index in [0.717, 1.165) is 11.1 Å². The number of benzene rings is 2. The second kappa shape index (κ2) is 9.64. The Balaban J connectivity index is 2.03. The van der Waals surface area contributed by atoms with Crippen LogP contribution in [0.5, 0.6) is 0 Å². The van der Waals surface area contributed by atoms with Crippen molar-refractivity contribution in [3.05, 3.63) is 76.8 Å². The van der Waals surface area contributed by atoms with E-state index in [1.165, 1.54) is 6.08 Å². The molecule has 1 amide bonds. The van der Waals surface area contributed by atoms with Crippen molar-refractivity contribution in [1.29, 1.82) is 0 Å². The zero-order valence-corrected chi connectivity index (χ0v) is 14.7. The predicted molar refractivity (Wildman–Crippen MR) is 99.2 cm³/mol. The Morgan fingerprint density at radius 2 is 1.80 bits per heavy atom. The summed E-state index contributed by atoms with van der Waals surface area (Å²) in [7, 11) is 0. The van der Waals surface area contributed by atoms with Gasteiger partial charge in [-0.15, -0.1) is 0 Å². The number of amides is 1. The van der Waals surface area contributed by atoms with Gasteiger partial charge in [0.1, 0.15) is 6.04 Å². The quantitative estimate of drug-likeness (QED) is 0.608. The third kappa shape index (κ3) is 6.43. The Labute approximate surface area is 152 Å². The van der Waals surface area contributed by atoms with Crippen molar-refractivity contribution in [3.63, 3.8) is 0 Å². The van der Waals surface area contributed by atoms with Gasteiger partial charge in [0, 0.05) is 17.5 Å². The minimum atomic E-state index is -0.732. The number of halogens is 1. The summed E-state index contributed by atoms with van der Waals surface area (Å²) < 4.78 is 5.06. The summed E-state index contributed by atoms with van der Waals surface area (Å²) in [5.74, 6) is -0.802. The van der Waals surface area contributed by atoms with E-state index in [1.807, 2.05) is 30.3 Å². The Morgan fingerprint density at radius 1 is 1.12 bits per heavy atom.